The molecule has 9 atom stereocenters. The average molecular weight is 471 g/mol. The number of Topliss-reactive ketones (excluding diaryl/α,β-unsaturated/α-hetero) is 1. The van der Waals surface area contributed by atoms with E-state index in [2.05, 4.69) is 47.6 Å². The van der Waals surface area contributed by atoms with Crippen LogP contribution in [-0.2, 0) is 9.59 Å². The SMILES string of the molecule is CC1(C)C(=O)CC[C@]2(C)[C@H]3CC=C4[C@H]5C[C@](C)(C(=O)O)C[C@H](O)[C@]5(C)CC[C@@]4(C)[C@]3(C)CC[C@@H]12. The van der Waals surface area contributed by atoms with Crippen LogP contribution in [0, 0.1) is 50.2 Å². The van der Waals surface area contributed by atoms with Gasteiger partial charge in [-0.05, 0) is 92.3 Å². The Bertz CT molecular complexity index is 965. The highest BCUT2D eigenvalue weighted by Crippen LogP contribution is 2.75. The predicted molar refractivity (Wildman–Crippen MR) is 133 cm³/mol. The number of fused-ring (bicyclic) bond motifs is 7. The van der Waals surface area contributed by atoms with Gasteiger partial charge in [-0.1, -0.05) is 53.2 Å². The second-order valence-corrected chi connectivity index (χ2v) is 14.8. The van der Waals surface area contributed by atoms with Crippen LogP contribution in [0.5, 0.6) is 0 Å². The van der Waals surface area contributed by atoms with E-state index in [9.17, 15) is 19.8 Å². The van der Waals surface area contributed by atoms with E-state index in [1.807, 2.05) is 6.92 Å². The number of hydrogen-bond acceptors (Lipinski definition) is 3. The van der Waals surface area contributed by atoms with Gasteiger partial charge in [0.05, 0.1) is 11.5 Å². The van der Waals surface area contributed by atoms with E-state index in [0.717, 1.165) is 38.5 Å². The van der Waals surface area contributed by atoms with Gasteiger partial charge in [0, 0.05) is 17.3 Å². The molecule has 0 amide bonds. The van der Waals surface area contributed by atoms with Crippen molar-refractivity contribution < 1.29 is 19.8 Å². The topological polar surface area (TPSA) is 74.6 Å². The van der Waals surface area contributed by atoms with Gasteiger partial charge >= 0.3 is 5.97 Å². The third-order valence-corrected chi connectivity index (χ3v) is 13.2. The highest BCUT2D eigenvalue weighted by Gasteiger charge is 2.69. The lowest BCUT2D eigenvalue weighted by molar-refractivity contribution is -0.193. The Kier molecular flexibility index (Phi) is 5.04. The first-order chi connectivity index (χ1) is 15.6. The molecule has 2 N–H and O–H groups in total. The summed E-state index contributed by atoms with van der Waals surface area (Å²) in [6.07, 6.45) is 9.84. The van der Waals surface area contributed by atoms with Crippen molar-refractivity contribution in [1.29, 1.82) is 0 Å². The molecule has 0 radical (unpaired) electrons. The van der Waals surface area contributed by atoms with Crippen molar-refractivity contribution >= 4 is 11.8 Å². The number of carbonyl (C=O) groups excluding carboxylic acids is 1. The number of aliphatic hydroxyl groups is 1. The second-order valence-electron chi connectivity index (χ2n) is 14.8. The average Bonchev–Trinajstić information content (AvgIpc) is 2.73. The van der Waals surface area contributed by atoms with Crippen molar-refractivity contribution in [3.8, 4) is 0 Å². The molecule has 4 fully saturated rings. The summed E-state index contributed by atoms with van der Waals surface area (Å²) in [6.45, 7) is 15.9. The maximum absolute atomic E-state index is 12.9. The zero-order valence-electron chi connectivity index (χ0n) is 22.5. The summed E-state index contributed by atoms with van der Waals surface area (Å²) < 4.78 is 0. The largest absolute Gasteiger partial charge is 0.481 e. The normalized spacial score (nSPS) is 54.1. The molecule has 5 aliphatic carbocycles. The van der Waals surface area contributed by atoms with Gasteiger partial charge in [-0.2, -0.15) is 0 Å². The van der Waals surface area contributed by atoms with Gasteiger partial charge in [0.2, 0.25) is 0 Å². The molecule has 5 rings (SSSR count). The van der Waals surface area contributed by atoms with Crippen LogP contribution in [0.4, 0.5) is 0 Å². The summed E-state index contributed by atoms with van der Waals surface area (Å²) in [7, 11) is 0. The summed E-state index contributed by atoms with van der Waals surface area (Å²) in [4.78, 5) is 25.2. The quantitative estimate of drug-likeness (QED) is 0.434. The molecule has 190 valence electrons. The highest BCUT2D eigenvalue weighted by atomic mass is 16.4. The van der Waals surface area contributed by atoms with Crippen LogP contribution in [0.2, 0.25) is 0 Å². The minimum absolute atomic E-state index is 0.0101. The van der Waals surface area contributed by atoms with E-state index in [-0.39, 0.29) is 33.0 Å². The lowest BCUT2D eigenvalue weighted by atomic mass is 9.33. The van der Waals surface area contributed by atoms with Gasteiger partial charge in [-0.3, -0.25) is 9.59 Å². The van der Waals surface area contributed by atoms with E-state index in [4.69, 9.17) is 0 Å². The van der Waals surface area contributed by atoms with Crippen LogP contribution in [0.1, 0.15) is 106 Å². The van der Waals surface area contributed by atoms with Crippen LogP contribution in [0.25, 0.3) is 0 Å². The Morgan fingerprint density at radius 2 is 1.59 bits per heavy atom. The Morgan fingerprint density at radius 1 is 0.912 bits per heavy atom. The number of carboxylic acid groups (broad SMARTS) is 1. The van der Waals surface area contributed by atoms with Crippen LogP contribution in [0.15, 0.2) is 11.6 Å². The molecule has 0 spiro atoms. The molecule has 34 heavy (non-hydrogen) atoms. The van der Waals surface area contributed by atoms with E-state index < -0.39 is 17.5 Å². The molecular weight excluding hydrogens is 424 g/mol. The van der Waals surface area contributed by atoms with Gasteiger partial charge in [0.25, 0.3) is 0 Å². The Hall–Kier alpha value is -1.16. The number of carboxylic acids is 1. The smallest absolute Gasteiger partial charge is 0.309 e. The maximum Gasteiger partial charge on any atom is 0.309 e. The molecule has 4 saturated carbocycles. The fourth-order valence-corrected chi connectivity index (χ4v) is 10.5. The van der Waals surface area contributed by atoms with Crippen LogP contribution in [0.3, 0.4) is 0 Å². The van der Waals surface area contributed by atoms with Crippen molar-refractivity contribution in [2.24, 2.45) is 50.2 Å². The first-order valence-electron chi connectivity index (χ1n) is 13.7. The number of aliphatic carboxylic acids is 1. The standard InChI is InChI=1S/C30H46O4/c1-25(2)20-10-13-30(7)21(28(20,5)12-11-22(25)31)9-8-18-19-16-26(3,24(33)34)17-23(32)27(19,4)14-15-29(18,30)6/h8,19-21,23,32H,9-17H2,1-7H3,(H,33,34)/t19-,20+,21-,23+,26+,27-,28+,29-,30-/m1/s1. The number of ketones is 1. The second kappa shape index (κ2) is 6.99. The summed E-state index contributed by atoms with van der Waals surface area (Å²) in [5.74, 6) is 0.740. The van der Waals surface area contributed by atoms with Gasteiger partial charge in [0.1, 0.15) is 5.78 Å². The summed E-state index contributed by atoms with van der Waals surface area (Å²) in [6, 6.07) is 0. The molecule has 0 aliphatic heterocycles. The summed E-state index contributed by atoms with van der Waals surface area (Å²) in [5.41, 5.74) is 0.360. The molecule has 0 heterocycles. The third kappa shape index (κ3) is 2.75. The zero-order chi connectivity index (χ0) is 25.1. The minimum atomic E-state index is -0.877. The molecule has 0 aromatic heterocycles. The Morgan fingerprint density at radius 3 is 2.24 bits per heavy atom. The van der Waals surface area contributed by atoms with Crippen molar-refractivity contribution in [3.63, 3.8) is 0 Å². The number of carbonyl (C=O) groups is 2. The molecule has 0 saturated heterocycles. The monoisotopic (exact) mass is 470 g/mol. The van der Waals surface area contributed by atoms with E-state index in [1.54, 1.807) is 0 Å². The molecule has 5 aliphatic rings. The van der Waals surface area contributed by atoms with E-state index in [0.29, 0.717) is 36.9 Å². The van der Waals surface area contributed by atoms with Crippen LogP contribution >= 0.6 is 0 Å². The lowest BCUT2D eigenvalue weighted by Gasteiger charge is -2.71. The van der Waals surface area contributed by atoms with Gasteiger partial charge < -0.3 is 10.2 Å². The van der Waals surface area contributed by atoms with Crippen LogP contribution < -0.4 is 0 Å². The first-order valence-corrected chi connectivity index (χ1v) is 13.7. The maximum atomic E-state index is 12.9. The van der Waals surface area contributed by atoms with Crippen molar-refractivity contribution in [1.82, 2.24) is 0 Å². The van der Waals surface area contributed by atoms with Crippen molar-refractivity contribution in [3.05, 3.63) is 11.6 Å². The highest BCUT2D eigenvalue weighted by molar-refractivity contribution is 5.85. The minimum Gasteiger partial charge on any atom is -0.481 e. The molecule has 4 nitrogen and oxygen atoms in total. The number of aliphatic hydroxyl groups excluding tert-OH is 1. The molecule has 0 unspecified atom stereocenters. The third-order valence-electron chi connectivity index (χ3n) is 13.2. The molecule has 0 aromatic carbocycles. The van der Waals surface area contributed by atoms with Gasteiger partial charge in [0.15, 0.2) is 0 Å². The van der Waals surface area contributed by atoms with Crippen molar-refractivity contribution in [2.75, 3.05) is 0 Å². The summed E-state index contributed by atoms with van der Waals surface area (Å²) >= 11 is 0. The van der Waals surface area contributed by atoms with Gasteiger partial charge in [-0.25, -0.2) is 0 Å². The number of allylic oxidation sites excluding steroid dienone is 2. The van der Waals surface area contributed by atoms with E-state index >= 15 is 0 Å². The molecule has 4 heteroatoms. The van der Waals surface area contributed by atoms with E-state index in [1.165, 1.54) is 5.57 Å². The first kappa shape index (κ1) is 24.5. The lowest BCUT2D eigenvalue weighted by Crippen LogP contribution is -2.65. The fourth-order valence-electron chi connectivity index (χ4n) is 10.5. The van der Waals surface area contributed by atoms with Crippen LogP contribution in [-0.4, -0.2) is 28.1 Å². The molecular formula is C30H46O4. The zero-order valence-corrected chi connectivity index (χ0v) is 22.5. The molecule has 0 bridgehead atoms. The Labute approximate surface area is 206 Å². The predicted octanol–water partition coefficient (Wildman–Crippen LogP) is 6.41. The molecule has 0 aromatic rings. The number of hydrogen-bond donors (Lipinski definition) is 2. The van der Waals surface area contributed by atoms with Crippen molar-refractivity contribution in [2.45, 2.75) is 112 Å². The van der Waals surface area contributed by atoms with Gasteiger partial charge in [-0.15, -0.1) is 0 Å². The summed E-state index contributed by atoms with van der Waals surface area (Å²) in [5, 5.41) is 21.3. The fraction of sp³-hybridized carbons (Fsp3) is 0.867. The Balaban J connectivity index is 1.59. The number of rotatable bonds is 1.